The summed E-state index contributed by atoms with van der Waals surface area (Å²) >= 11 is 0. The Morgan fingerprint density at radius 1 is 0.971 bits per heavy atom. The number of aromatic nitrogens is 1. The van der Waals surface area contributed by atoms with Crippen molar-refractivity contribution in [3.05, 3.63) is 58.9 Å². The Labute approximate surface area is 189 Å². The van der Waals surface area contributed by atoms with Crippen molar-refractivity contribution >= 4 is 15.7 Å². The van der Waals surface area contributed by atoms with Crippen LogP contribution in [0.15, 0.2) is 41.3 Å². The molecular weight excluding hydrogens is 493 g/mol. The van der Waals surface area contributed by atoms with Crippen LogP contribution in [0.5, 0.6) is 0 Å². The molecule has 2 aliphatic rings. The van der Waals surface area contributed by atoms with Gasteiger partial charge in [-0.25, -0.2) is 17.8 Å². The average Bonchev–Trinajstić information content (AvgIpc) is 3.09. The van der Waals surface area contributed by atoms with Crippen molar-refractivity contribution in [1.82, 2.24) is 9.88 Å². The van der Waals surface area contributed by atoms with E-state index in [1.165, 1.54) is 4.90 Å². The van der Waals surface area contributed by atoms with E-state index >= 15 is 4.39 Å². The summed E-state index contributed by atoms with van der Waals surface area (Å²) in [5, 5.41) is -2.84. The summed E-state index contributed by atoms with van der Waals surface area (Å²) in [5.41, 5.74) is -2.47. The molecule has 0 unspecified atom stereocenters. The van der Waals surface area contributed by atoms with Gasteiger partial charge >= 0.3 is 12.4 Å². The molecule has 2 aromatic rings. The second kappa shape index (κ2) is 7.92. The van der Waals surface area contributed by atoms with Gasteiger partial charge in [-0.15, -0.1) is 0 Å². The number of fused-ring (bicyclic) bond motifs is 1. The topological polar surface area (TPSA) is 67.3 Å². The maximum Gasteiger partial charge on any atom is 0.433 e. The molecule has 1 aliphatic carbocycles. The van der Waals surface area contributed by atoms with Crippen LogP contribution in [-0.2, 0) is 28.7 Å². The average molecular weight is 510 g/mol. The zero-order chi connectivity index (χ0) is 25.1. The summed E-state index contributed by atoms with van der Waals surface area (Å²) < 4.78 is 119. The monoisotopic (exact) mass is 510 g/mol. The first kappa shape index (κ1) is 24.4. The lowest BCUT2D eigenvalue weighted by Gasteiger charge is -2.37. The summed E-state index contributed by atoms with van der Waals surface area (Å²) in [6.07, 6.45) is -10.9. The van der Waals surface area contributed by atoms with Crippen molar-refractivity contribution in [1.29, 1.82) is 0 Å². The van der Waals surface area contributed by atoms with Gasteiger partial charge in [0.05, 0.1) is 28.3 Å². The van der Waals surface area contributed by atoms with E-state index in [2.05, 4.69) is 4.98 Å². The van der Waals surface area contributed by atoms with E-state index < -0.39 is 68.1 Å². The summed E-state index contributed by atoms with van der Waals surface area (Å²) in [6, 6.07) is 3.89. The number of nitrogens with zero attached hydrogens (tertiary/aromatic N) is 2. The van der Waals surface area contributed by atoms with Gasteiger partial charge in [0, 0.05) is 6.04 Å². The number of benzene rings is 1. The summed E-state index contributed by atoms with van der Waals surface area (Å²) in [4.78, 5) is 16.6. The van der Waals surface area contributed by atoms with E-state index in [-0.39, 0.29) is 30.6 Å². The number of pyridine rings is 1. The molecule has 0 spiro atoms. The van der Waals surface area contributed by atoms with Gasteiger partial charge in [0.1, 0.15) is 5.69 Å². The minimum absolute atomic E-state index is 0.0123. The number of carbonyl (C=O) groups excluding carboxylic acids is 1. The molecule has 0 bridgehead atoms. The smallest absolute Gasteiger partial charge is 0.330 e. The Bertz CT molecular complexity index is 1230. The fourth-order valence-corrected chi connectivity index (χ4v) is 6.06. The van der Waals surface area contributed by atoms with E-state index in [9.17, 15) is 39.6 Å². The standard InChI is InChI=1S/C21H17F7N2O3S/c22-19(34(32,33)14-3-1-2-12(10-14)20(23,24)25)8-6-13(7-9-19)30-11-16-15(18(30)31)4-5-17(29-16)21(26,27)28/h1-5,10,13H,6-9,11H2/t13-,19+. The van der Waals surface area contributed by atoms with Crippen LogP contribution in [0.25, 0.3) is 0 Å². The van der Waals surface area contributed by atoms with Crippen molar-refractivity contribution in [3.8, 4) is 0 Å². The maximum atomic E-state index is 15.6. The Balaban J connectivity index is 1.51. The zero-order valence-corrected chi connectivity index (χ0v) is 18.1. The van der Waals surface area contributed by atoms with Crippen molar-refractivity contribution in [2.45, 2.75) is 60.5 Å². The molecule has 5 nitrogen and oxygen atoms in total. The van der Waals surface area contributed by atoms with E-state index in [0.717, 1.165) is 18.2 Å². The SMILES string of the molecule is O=C1c2ccc(C(F)(F)F)nc2CN1[C@H]1CC[C@@](F)(S(=O)(=O)c2cccc(C(F)(F)F)c2)CC1. The third kappa shape index (κ3) is 4.14. The van der Waals surface area contributed by atoms with Gasteiger partial charge in [-0.3, -0.25) is 4.79 Å². The van der Waals surface area contributed by atoms with Crippen LogP contribution in [0.1, 0.15) is 53.0 Å². The molecule has 184 valence electrons. The number of halogens is 7. The Kier molecular flexibility index (Phi) is 5.69. The third-order valence-corrected chi connectivity index (χ3v) is 8.42. The Hall–Kier alpha value is -2.70. The van der Waals surface area contributed by atoms with Gasteiger partial charge in [0.15, 0.2) is 0 Å². The normalized spacial score (nSPS) is 23.8. The lowest BCUT2D eigenvalue weighted by molar-refractivity contribution is -0.141. The van der Waals surface area contributed by atoms with Crippen LogP contribution >= 0.6 is 0 Å². The summed E-state index contributed by atoms with van der Waals surface area (Å²) in [7, 11) is -4.79. The molecule has 13 heteroatoms. The quantitative estimate of drug-likeness (QED) is 0.536. The lowest BCUT2D eigenvalue weighted by atomic mass is 9.92. The minimum Gasteiger partial charge on any atom is -0.330 e. The molecule has 1 aromatic carbocycles. The van der Waals surface area contributed by atoms with Gasteiger partial charge in [-0.2, -0.15) is 26.3 Å². The molecule has 1 aliphatic heterocycles. The largest absolute Gasteiger partial charge is 0.433 e. The van der Waals surface area contributed by atoms with Crippen LogP contribution in [0.3, 0.4) is 0 Å². The van der Waals surface area contributed by atoms with Crippen molar-refractivity contribution < 1.29 is 43.9 Å². The molecule has 0 radical (unpaired) electrons. The van der Waals surface area contributed by atoms with Crippen molar-refractivity contribution in [2.75, 3.05) is 0 Å². The van der Waals surface area contributed by atoms with Gasteiger partial charge in [-0.1, -0.05) is 6.07 Å². The molecule has 0 N–H and O–H groups in total. The van der Waals surface area contributed by atoms with E-state index in [1.54, 1.807) is 0 Å². The summed E-state index contributed by atoms with van der Waals surface area (Å²) in [6.45, 7) is -0.234. The first-order valence-electron chi connectivity index (χ1n) is 10.1. The second-order valence-electron chi connectivity index (χ2n) is 8.26. The number of alkyl halides is 7. The van der Waals surface area contributed by atoms with E-state index in [4.69, 9.17) is 0 Å². The second-order valence-corrected chi connectivity index (χ2v) is 10.5. The molecule has 34 heavy (non-hydrogen) atoms. The first-order valence-corrected chi connectivity index (χ1v) is 11.6. The molecular formula is C21H17F7N2O3S. The van der Waals surface area contributed by atoms with Crippen LogP contribution in [0.4, 0.5) is 30.7 Å². The van der Waals surface area contributed by atoms with Gasteiger partial charge in [0.2, 0.25) is 14.8 Å². The van der Waals surface area contributed by atoms with Gasteiger partial charge in [0.25, 0.3) is 5.91 Å². The molecule has 4 rings (SSSR count). The molecule has 1 amide bonds. The molecule has 1 fully saturated rings. The summed E-state index contributed by atoms with van der Waals surface area (Å²) in [5.74, 6) is -0.590. The minimum atomic E-state index is -4.81. The van der Waals surface area contributed by atoms with Crippen molar-refractivity contribution in [3.63, 3.8) is 0 Å². The van der Waals surface area contributed by atoms with Crippen LogP contribution in [0, 0.1) is 0 Å². The first-order chi connectivity index (χ1) is 15.6. The zero-order valence-electron chi connectivity index (χ0n) is 17.3. The fraction of sp³-hybridized carbons (Fsp3) is 0.429. The number of sulfone groups is 1. The fourth-order valence-electron chi connectivity index (χ4n) is 4.32. The van der Waals surface area contributed by atoms with Crippen molar-refractivity contribution in [2.24, 2.45) is 0 Å². The molecule has 0 atom stereocenters. The highest BCUT2D eigenvalue weighted by Crippen LogP contribution is 2.43. The van der Waals surface area contributed by atoms with E-state index in [0.29, 0.717) is 18.2 Å². The van der Waals surface area contributed by atoms with Crippen LogP contribution < -0.4 is 0 Å². The number of rotatable bonds is 3. The molecule has 0 saturated heterocycles. The van der Waals surface area contributed by atoms with E-state index in [1.807, 2.05) is 0 Å². The Morgan fingerprint density at radius 3 is 2.21 bits per heavy atom. The molecule has 1 saturated carbocycles. The lowest BCUT2D eigenvalue weighted by Crippen LogP contribution is -2.45. The molecule has 2 heterocycles. The van der Waals surface area contributed by atoms with Gasteiger partial charge < -0.3 is 4.90 Å². The third-order valence-electron chi connectivity index (χ3n) is 6.17. The Morgan fingerprint density at radius 2 is 1.62 bits per heavy atom. The predicted octanol–water partition coefficient (Wildman–Crippen LogP) is 5.16. The number of hydrogen-bond donors (Lipinski definition) is 0. The van der Waals surface area contributed by atoms with Gasteiger partial charge in [-0.05, 0) is 56.0 Å². The molecule has 1 aromatic heterocycles. The number of hydrogen-bond acceptors (Lipinski definition) is 4. The maximum absolute atomic E-state index is 15.6. The highest BCUT2D eigenvalue weighted by atomic mass is 32.2. The van der Waals surface area contributed by atoms with Crippen LogP contribution in [-0.4, -0.2) is 35.3 Å². The number of amides is 1. The highest BCUT2D eigenvalue weighted by molar-refractivity contribution is 7.92. The number of carbonyl (C=O) groups is 1. The highest BCUT2D eigenvalue weighted by Gasteiger charge is 2.50. The predicted molar refractivity (Wildman–Crippen MR) is 104 cm³/mol. The van der Waals surface area contributed by atoms with Crippen LogP contribution in [0.2, 0.25) is 0 Å².